The first-order valence-corrected chi connectivity index (χ1v) is 8.49. The van der Waals surface area contributed by atoms with Crippen LogP contribution in [-0.2, 0) is 0 Å². The fraction of sp³-hybridized carbons (Fsp3) is 0.105. The zero-order valence-electron chi connectivity index (χ0n) is 12.6. The van der Waals surface area contributed by atoms with Gasteiger partial charge >= 0.3 is 0 Å². The minimum absolute atomic E-state index is 0.613. The summed E-state index contributed by atoms with van der Waals surface area (Å²) in [4.78, 5) is 4.78. The van der Waals surface area contributed by atoms with Gasteiger partial charge in [0.15, 0.2) is 0 Å². The summed E-state index contributed by atoms with van der Waals surface area (Å²) >= 11 is 9.48. The Labute approximate surface area is 149 Å². The molecule has 0 aliphatic carbocycles. The summed E-state index contributed by atoms with van der Waals surface area (Å²) in [6, 6.07) is 19.6. The minimum atomic E-state index is 0.613. The van der Waals surface area contributed by atoms with E-state index in [1.54, 1.807) is 0 Å². The summed E-state index contributed by atoms with van der Waals surface area (Å²) in [5.74, 6) is 0.808. The molecule has 0 spiro atoms. The van der Waals surface area contributed by atoms with Gasteiger partial charge in [-0.3, -0.25) is 0 Å². The van der Waals surface area contributed by atoms with Crippen molar-refractivity contribution >= 4 is 27.5 Å². The zero-order valence-corrected chi connectivity index (χ0v) is 14.9. The van der Waals surface area contributed by atoms with Gasteiger partial charge in [0, 0.05) is 32.8 Å². The maximum atomic E-state index is 5.97. The maximum absolute atomic E-state index is 5.97. The number of benzene rings is 2. The summed E-state index contributed by atoms with van der Waals surface area (Å²) in [7, 11) is 0. The van der Waals surface area contributed by atoms with Gasteiger partial charge in [-0.1, -0.05) is 51.8 Å². The van der Waals surface area contributed by atoms with Crippen LogP contribution in [0.5, 0.6) is 5.75 Å². The van der Waals surface area contributed by atoms with E-state index in [4.69, 9.17) is 21.3 Å². The van der Waals surface area contributed by atoms with Crippen molar-refractivity contribution in [2.75, 3.05) is 6.61 Å². The molecule has 0 saturated carbocycles. The molecule has 1 aromatic heterocycles. The number of nitrogens with zero attached hydrogens (tertiary/aromatic N) is 1. The normalized spacial score (nSPS) is 10.6. The largest absolute Gasteiger partial charge is 0.494 e. The van der Waals surface area contributed by atoms with Crippen LogP contribution in [0.15, 0.2) is 65.1 Å². The predicted molar refractivity (Wildman–Crippen MR) is 99.0 cm³/mol. The Morgan fingerprint density at radius 1 is 0.957 bits per heavy atom. The Morgan fingerprint density at radius 3 is 2.30 bits per heavy atom. The molecule has 0 fully saturated rings. The zero-order chi connectivity index (χ0) is 16.2. The van der Waals surface area contributed by atoms with Gasteiger partial charge in [0.25, 0.3) is 0 Å². The maximum Gasteiger partial charge on any atom is 0.123 e. The SMILES string of the molecule is CCOc1cc(-c2ccc(Cl)cc2)nc(-c2cccc(Br)c2)c1. The second kappa shape index (κ2) is 7.16. The van der Waals surface area contributed by atoms with Gasteiger partial charge in [0.05, 0.1) is 18.0 Å². The van der Waals surface area contributed by atoms with Crippen molar-refractivity contribution in [2.45, 2.75) is 6.92 Å². The number of pyridine rings is 1. The van der Waals surface area contributed by atoms with Crippen molar-refractivity contribution in [2.24, 2.45) is 0 Å². The van der Waals surface area contributed by atoms with E-state index in [0.717, 1.165) is 32.7 Å². The van der Waals surface area contributed by atoms with Gasteiger partial charge in [0.1, 0.15) is 5.75 Å². The van der Waals surface area contributed by atoms with Gasteiger partial charge in [0.2, 0.25) is 0 Å². The summed E-state index contributed by atoms with van der Waals surface area (Å²) in [6.07, 6.45) is 0. The van der Waals surface area contributed by atoms with Crippen LogP contribution in [0.3, 0.4) is 0 Å². The first kappa shape index (κ1) is 16.0. The number of hydrogen-bond donors (Lipinski definition) is 0. The molecular formula is C19H15BrClNO. The first-order chi connectivity index (χ1) is 11.2. The highest BCUT2D eigenvalue weighted by atomic mass is 79.9. The number of aromatic nitrogens is 1. The van der Waals surface area contributed by atoms with Gasteiger partial charge in [-0.15, -0.1) is 0 Å². The van der Waals surface area contributed by atoms with Crippen molar-refractivity contribution in [3.8, 4) is 28.3 Å². The molecule has 3 aromatic rings. The molecule has 116 valence electrons. The van der Waals surface area contributed by atoms with Crippen LogP contribution in [0.25, 0.3) is 22.5 Å². The standard InChI is InChI=1S/C19H15BrClNO/c1-2-23-17-11-18(13-6-8-16(21)9-7-13)22-19(12-17)14-4-3-5-15(20)10-14/h3-12H,2H2,1H3. The second-order valence-electron chi connectivity index (χ2n) is 5.02. The molecule has 0 radical (unpaired) electrons. The van der Waals surface area contributed by atoms with Crippen molar-refractivity contribution in [3.63, 3.8) is 0 Å². The van der Waals surface area contributed by atoms with Crippen molar-refractivity contribution < 1.29 is 4.74 Å². The minimum Gasteiger partial charge on any atom is -0.494 e. The monoisotopic (exact) mass is 387 g/mol. The lowest BCUT2D eigenvalue weighted by atomic mass is 10.1. The van der Waals surface area contributed by atoms with Crippen molar-refractivity contribution in [3.05, 3.63) is 70.2 Å². The average molecular weight is 389 g/mol. The molecule has 1 heterocycles. The van der Waals surface area contributed by atoms with Crippen LogP contribution in [-0.4, -0.2) is 11.6 Å². The van der Waals surface area contributed by atoms with Crippen LogP contribution in [0, 0.1) is 0 Å². The molecule has 0 N–H and O–H groups in total. The molecule has 2 aromatic carbocycles. The van der Waals surface area contributed by atoms with Gasteiger partial charge < -0.3 is 4.74 Å². The highest BCUT2D eigenvalue weighted by Crippen LogP contribution is 2.30. The Kier molecular flexibility index (Phi) is 4.99. The number of rotatable bonds is 4. The molecule has 0 aliphatic heterocycles. The number of hydrogen-bond acceptors (Lipinski definition) is 2. The van der Waals surface area contributed by atoms with E-state index >= 15 is 0 Å². The molecule has 4 heteroatoms. The van der Waals surface area contributed by atoms with E-state index in [1.807, 2.05) is 67.6 Å². The third-order valence-corrected chi connectivity index (χ3v) is 4.12. The summed E-state index contributed by atoms with van der Waals surface area (Å²) < 4.78 is 6.73. The summed E-state index contributed by atoms with van der Waals surface area (Å²) in [5, 5.41) is 0.710. The number of ether oxygens (including phenoxy) is 1. The van der Waals surface area contributed by atoms with Crippen LogP contribution in [0.2, 0.25) is 5.02 Å². The first-order valence-electron chi connectivity index (χ1n) is 7.32. The molecule has 0 saturated heterocycles. The van der Waals surface area contributed by atoms with Gasteiger partial charge in [-0.25, -0.2) is 4.98 Å². The van der Waals surface area contributed by atoms with E-state index in [-0.39, 0.29) is 0 Å². The quantitative estimate of drug-likeness (QED) is 0.528. The molecular weight excluding hydrogens is 374 g/mol. The van der Waals surface area contributed by atoms with Crippen molar-refractivity contribution in [1.29, 1.82) is 0 Å². The molecule has 3 rings (SSSR count). The second-order valence-corrected chi connectivity index (χ2v) is 6.38. The highest BCUT2D eigenvalue weighted by molar-refractivity contribution is 9.10. The van der Waals surface area contributed by atoms with Crippen molar-refractivity contribution in [1.82, 2.24) is 4.98 Å². The Morgan fingerprint density at radius 2 is 1.65 bits per heavy atom. The fourth-order valence-corrected chi connectivity index (χ4v) is 2.84. The van der Waals surface area contributed by atoms with E-state index < -0.39 is 0 Å². The van der Waals surface area contributed by atoms with Crippen LogP contribution >= 0.6 is 27.5 Å². The average Bonchev–Trinajstić information content (AvgIpc) is 2.55. The van der Waals surface area contributed by atoms with Gasteiger partial charge in [-0.2, -0.15) is 0 Å². The lowest BCUT2D eigenvalue weighted by Crippen LogP contribution is -1.95. The Hall–Kier alpha value is -1.84. The molecule has 0 atom stereocenters. The van der Waals surface area contributed by atoms with Crippen LogP contribution in [0.1, 0.15) is 6.92 Å². The van der Waals surface area contributed by atoms with E-state index in [0.29, 0.717) is 11.6 Å². The summed E-state index contributed by atoms with van der Waals surface area (Å²) in [6.45, 7) is 2.59. The van der Waals surface area contributed by atoms with E-state index in [9.17, 15) is 0 Å². The predicted octanol–water partition coefficient (Wildman–Crippen LogP) is 6.23. The van der Waals surface area contributed by atoms with Crippen LogP contribution in [0.4, 0.5) is 0 Å². The fourth-order valence-electron chi connectivity index (χ4n) is 2.32. The molecule has 0 aliphatic rings. The smallest absolute Gasteiger partial charge is 0.123 e. The Balaban J connectivity index is 2.11. The molecule has 2 nitrogen and oxygen atoms in total. The molecule has 0 amide bonds. The molecule has 23 heavy (non-hydrogen) atoms. The van der Waals surface area contributed by atoms with E-state index in [1.165, 1.54) is 0 Å². The van der Waals surface area contributed by atoms with Crippen LogP contribution < -0.4 is 4.74 Å². The summed E-state index contributed by atoms with van der Waals surface area (Å²) in [5.41, 5.74) is 3.79. The van der Waals surface area contributed by atoms with Gasteiger partial charge in [-0.05, 0) is 31.2 Å². The lowest BCUT2D eigenvalue weighted by molar-refractivity contribution is 0.340. The van der Waals surface area contributed by atoms with E-state index in [2.05, 4.69) is 15.9 Å². The lowest BCUT2D eigenvalue weighted by Gasteiger charge is -2.10. The Bertz CT molecular complexity index is 818. The third kappa shape index (κ3) is 3.92. The number of halogens is 2. The highest BCUT2D eigenvalue weighted by Gasteiger charge is 2.08. The molecule has 0 unspecified atom stereocenters. The third-order valence-electron chi connectivity index (χ3n) is 3.37. The topological polar surface area (TPSA) is 22.1 Å². The molecule has 0 bridgehead atoms.